The van der Waals surface area contributed by atoms with Crippen LogP contribution in [0.5, 0.6) is 0 Å². The molecule has 0 saturated carbocycles. The summed E-state index contributed by atoms with van der Waals surface area (Å²) in [5, 5.41) is 14.1. The number of anilines is 1. The van der Waals surface area contributed by atoms with Gasteiger partial charge in [0.2, 0.25) is 5.91 Å². The first kappa shape index (κ1) is 17.8. The third-order valence-corrected chi connectivity index (χ3v) is 5.32. The lowest BCUT2D eigenvalue weighted by Gasteiger charge is -2.33. The Bertz CT molecular complexity index is 597. The number of esters is 1. The number of hydrogen-bond acceptors (Lipinski definition) is 7. The van der Waals surface area contributed by atoms with Gasteiger partial charge in [-0.1, -0.05) is 0 Å². The molecule has 2 rings (SSSR count). The van der Waals surface area contributed by atoms with Gasteiger partial charge in [-0.2, -0.15) is 17.0 Å². The SMILES string of the molecule is CCOC(=O)C1CSCCN1CCC(=O)Nc1sccc1C#N. The fourth-order valence-corrected chi connectivity index (χ4v) is 4.14. The van der Waals surface area contributed by atoms with Gasteiger partial charge in [0.1, 0.15) is 17.1 Å². The molecule has 1 N–H and O–H groups in total. The number of thioether (sulfide) groups is 1. The van der Waals surface area contributed by atoms with E-state index in [2.05, 4.69) is 5.32 Å². The minimum absolute atomic E-state index is 0.148. The van der Waals surface area contributed by atoms with Crippen LogP contribution in [0, 0.1) is 11.3 Å². The van der Waals surface area contributed by atoms with E-state index in [9.17, 15) is 9.59 Å². The van der Waals surface area contributed by atoms with Crippen molar-refractivity contribution in [2.75, 3.05) is 36.5 Å². The number of nitriles is 1. The van der Waals surface area contributed by atoms with Crippen molar-refractivity contribution >= 4 is 40.0 Å². The van der Waals surface area contributed by atoms with Crippen molar-refractivity contribution in [1.29, 1.82) is 5.26 Å². The number of hydrogen-bond donors (Lipinski definition) is 1. The van der Waals surface area contributed by atoms with Gasteiger partial charge in [0.25, 0.3) is 0 Å². The van der Waals surface area contributed by atoms with E-state index < -0.39 is 0 Å². The summed E-state index contributed by atoms with van der Waals surface area (Å²) in [4.78, 5) is 26.1. The Labute approximate surface area is 143 Å². The summed E-state index contributed by atoms with van der Waals surface area (Å²) in [6.45, 7) is 3.43. The fourth-order valence-electron chi connectivity index (χ4n) is 2.29. The Kier molecular flexibility index (Phi) is 6.89. The number of ether oxygens (including phenoxy) is 1. The summed E-state index contributed by atoms with van der Waals surface area (Å²) >= 11 is 3.06. The molecule has 0 aromatic carbocycles. The molecule has 6 nitrogen and oxygen atoms in total. The molecule has 1 aromatic heterocycles. The number of nitrogens with one attached hydrogen (secondary N) is 1. The Morgan fingerprint density at radius 2 is 2.39 bits per heavy atom. The second kappa shape index (κ2) is 8.91. The highest BCUT2D eigenvalue weighted by atomic mass is 32.2. The van der Waals surface area contributed by atoms with Crippen LogP contribution in [0.25, 0.3) is 0 Å². The smallest absolute Gasteiger partial charge is 0.324 e. The Hall–Kier alpha value is -1.56. The first-order chi connectivity index (χ1) is 11.2. The summed E-state index contributed by atoms with van der Waals surface area (Å²) < 4.78 is 5.11. The number of carbonyl (C=O) groups excluding carboxylic acids is 2. The maximum atomic E-state index is 12.1. The molecule has 23 heavy (non-hydrogen) atoms. The van der Waals surface area contributed by atoms with E-state index in [1.54, 1.807) is 30.1 Å². The molecule has 0 spiro atoms. The third kappa shape index (κ3) is 4.96. The molecule has 0 aliphatic carbocycles. The average molecular weight is 353 g/mol. The standard InChI is InChI=1S/C15H19N3O3S2/c1-2-21-15(20)12-10-22-8-6-18(12)5-3-13(19)17-14-11(9-16)4-7-23-14/h4,7,12H,2-3,5-6,8,10H2,1H3,(H,17,19). The van der Waals surface area contributed by atoms with E-state index in [1.807, 2.05) is 11.0 Å². The van der Waals surface area contributed by atoms with Crippen molar-refractivity contribution in [3.8, 4) is 6.07 Å². The summed E-state index contributed by atoms with van der Waals surface area (Å²) in [5.74, 6) is 1.28. The lowest BCUT2D eigenvalue weighted by atomic mass is 10.2. The number of nitrogens with zero attached hydrogens (tertiary/aromatic N) is 2. The van der Waals surface area contributed by atoms with Gasteiger partial charge in [-0.05, 0) is 18.4 Å². The van der Waals surface area contributed by atoms with E-state index in [1.165, 1.54) is 11.3 Å². The van der Waals surface area contributed by atoms with Crippen LogP contribution in [0.4, 0.5) is 5.00 Å². The topological polar surface area (TPSA) is 82.4 Å². The molecule has 0 bridgehead atoms. The van der Waals surface area contributed by atoms with Gasteiger partial charge in [0, 0.05) is 31.0 Å². The maximum absolute atomic E-state index is 12.1. The molecule has 124 valence electrons. The van der Waals surface area contributed by atoms with Crippen molar-refractivity contribution in [3.05, 3.63) is 17.0 Å². The highest BCUT2D eigenvalue weighted by Crippen LogP contribution is 2.22. The fraction of sp³-hybridized carbons (Fsp3) is 0.533. The molecule has 0 radical (unpaired) electrons. The number of amides is 1. The molecule has 1 fully saturated rings. The molecule has 1 aliphatic rings. The summed E-state index contributed by atoms with van der Waals surface area (Å²) in [7, 11) is 0. The molecule has 1 aliphatic heterocycles. The van der Waals surface area contributed by atoms with Crippen LogP contribution in [-0.4, -0.2) is 54.0 Å². The molecular weight excluding hydrogens is 334 g/mol. The lowest BCUT2D eigenvalue weighted by Crippen LogP contribution is -2.48. The number of thiophene rings is 1. The van der Waals surface area contributed by atoms with Crippen LogP contribution in [0.1, 0.15) is 18.9 Å². The Morgan fingerprint density at radius 3 is 3.13 bits per heavy atom. The van der Waals surface area contributed by atoms with E-state index in [-0.39, 0.29) is 24.3 Å². The van der Waals surface area contributed by atoms with Crippen LogP contribution < -0.4 is 5.32 Å². The molecule has 2 heterocycles. The normalized spacial score (nSPS) is 18.2. The van der Waals surface area contributed by atoms with Gasteiger partial charge in [-0.3, -0.25) is 14.5 Å². The molecule has 1 amide bonds. The van der Waals surface area contributed by atoms with Crippen molar-refractivity contribution in [2.24, 2.45) is 0 Å². The molecule has 1 atom stereocenters. The minimum atomic E-state index is -0.280. The van der Waals surface area contributed by atoms with Gasteiger partial charge >= 0.3 is 5.97 Å². The predicted molar refractivity (Wildman–Crippen MR) is 91.6 cm³/mol. The average Bonchev–Trinajstić information content (AvgIpc) is 3.00. The number of rotatable bonds is 6. The zero-order valence-electron chi connectivity index (χ0n) is 12.9. The van der Waals surface area contributed by atoms with E-state index in [0.29, 0.717) is 29.5 Å². The van der Waals surface area contributed by atoms with Gasteiger partial charge in [-0.25, -0.2) is 0 Å². The number of carbonyl (C=O) groups is 2. The van der Waals surface area contributed by atoms with Crippen LogP contribution in [0.2, 0.25) is 0 Å². The summed E-state index contributed by atoms with van der Waals surface area (Å²) in [6, 6.07) is 3.44. The van der Waals surface area contributed by atoms with Gasteiger partial charge < -0.3 is 10.1 Å². The second-order valence-corrected chi connectivity index (χ2v) is 7.02. The quantitative estimate of drug-likeness (QED) is 0.787. The van der Waals surface area contributed by atoms with Crippen molar-refractivity contribution < 1.29 is 14.3 Å². The minimum Gasteiger partial charge on any atom is -0.465 e. The third-order valence-electron chi connectivity index (χ3n) is 3.46. The first-order valence-corrected chi connectivity index (χ1v) is 9.45. The molecular formula is C15H19N3O3S2. The zero-order valence-corrected chi connectivity index (χ0v) is 14.5. The van der Waals surface area contributed by atoms with E-state index >= 15 is 0 Å². The summed E-state index contributed by atoms with van der Waals surface area (Å²) in [5.41, 5.74) is 0.474. The van der Waals surface area contributed by atoms with E-state index in [4.69, 9.17) is 10.00 Å². The largest absolute Gasteiger partial charge is 0.465 e. The molecule has 1 saturated heterocycles. The van der Waals surface area contributed by atoms with Crippen LogP contribution >= 0.6 is 23.1 Å². The zero-order chi connectivity index (χ0) is 16.7. The van der Waals surface area contributed by atoms with Gasteiger partial charge in [0.05, 0.1) is 12.2 Å². The van der Waals surface area contributed by atoms with Crippen LogP contribution in [0.15, 0.2) is 11.4 Å². The van der Waals surface area contributed by atoms with Crippen molar-refractivity contribution in [3.63, 3.8) is 0 Å². The van der Waals surface area contributed by atoms with Gasteiger partial charge in [-0.15, -0.1) is 11.3 Å². The highest BCUT2D eigenvalue weighted by molar-refractivity contribution is 7.99. The highest BCUT2D eigenvalue weighted by Gasteiger charge is 2.30. The Morgan fingerprint density at radius 1 is 1.57 bits per heavy atom. The van der Waals surface area contributed by atoms with Crippen molar-refractivity contribution in [2.45, 2.75) is 19.4 Å². The molecule has 8 heteroatoms. The monoisotopic (exact) mass is 353 g/mol. The maximum Gasteiger partial charge on any atom is 0.324 e. The molecule has 1 aromatic rings. The molecule has 1 unspecified atom stereocenters. The van der Waals surface area contributed by atoms with Crippen LogP contribution in [-0.2, 0) is 14.3 Å². The second-order valence-electron chi connectivity index (χ2n) is 4.95. The van der Waals surface area contributed by atoms with Gasteiger partial charge in [0.15, 0.2) is 0 Å². The Balaban J connectivity index is 1.86. The van der Waals surface area contributed by atoms with Crippen LogP contribution in [0.3, 0.4) is 0 Å². The van der Waals surface area contributed by atoms with E-state index in [0.717, 1.165) is 12.3 Å². The summed E-state index contributed by atoms with van der Waals surface area (Å²) in [6.07, 6.45) is 0.281. The lowest BCUT2D eigenvalue weighted by molar-refractivity contribution is -0.149. The van der Waals surface area contributed by atoms with Crippen molar-refractivity contribution in [1.82, 2.24) is 4.90 Å². The first-order valence-electron chi connectivity index (χ1n) is 7.41. The predicted octanol–water partition coefficient (Wildman–Crippen LogP) is 1.93.